The van der Waals surface area contributed by atoms with Crippen molar-refractivity contribution in [2.75, 3.05) is 4.90 Å². The fourth-order valence-corrected chi connectivity index (χ4v) is 5.94. The zero-order valence-corrected chi connectivity index (χ0v) is 23.9. The van der Waals surface area contributed by atoms with Crippen molar-refractivity contribution < 1.29 is 9.59 Å². The average Bonchev–Trinajstić information content (AvgIpc) is 3.82. The van der Waals surface area contributed by atoms with Crippen LogP contribution >= 0.6 is 0 Å². The lowest BCUT2D eigenvalue weighted by molar-refractivity contribution is -0.119. The molecule has 1 aliphatic heterocycles. The lowest BCUT2D eigenvalue weighted by atomic mass is 9.98. The highest BCUT2D eigenvalue weighted by atomic mass is 16.2. The summed E-state index contributed by atoms with van der Waals surface area (Å²) >= 11 is 0. The molecule has 0 atom stereocenters. The highest BCUT2D eigenvalue weighted by Gasteiger charge is 2.43. The number of amides is 2. The minimum Gasteiger partial charge on any atom is -0.347 e. The molecule has 0 saturated heterocycles. The van der Waals surface area contributed by atoms with E-state index < -0.39 is 0 Å². The Bertz CT molecular complexity index is 1980. The molecule has 1 aliphatic rings. The summed E-state index contributed by atoms with van der Waals surface area (Å²) in [5.41, 5.74) is 4.13. The summed E-state index contributed by atoms with van der Waals surface area (Å²) in [6.07, 6.45) is 12.1. The van der Waals surface area contributed by atoms with Crippen LogP contribution in [0.4, 0.5) is 5.69 Å². The molecule has 0 spiro atoms. The summed E-state index contributed by atoms with van der Waals surface area (Å²) < 4.78 is 6.09. The number of anilines is 1. The van der Waals surface area contributed by atoms with E-state index >= 15 is 0 Å². The molecule has 2 aromatic carbocycles. The molecule has 0 N–H and O–H groups in total. The summed E-state index contributed by atoms with van der Waals surface area (Å²) in [6, 6.07) is 20.9. The van der Waals surface area contributed by atoms with Crippen molar-refractivity contribution in [1.82, 2.24) is 28.9 Å². The molecule has 9 heteroatoms. The monoisotopic (exact) mass is 569 g/mol. The summed E-state index contributed by atoms with van der Waals surface area (Å²) in [5, 5.41) is 6.62. The van der Waals surface area contributed by atoms with E-state index in [1.54, 1.807) is 24.5 Å². The number of pyridine rings is 1. The number of hydrogen-bond donors (Lipinski definition) is 0. The average molecular weight is 570 g/mol. The number of nitrogens with zero attached hydrogens (tertiary/aromatic N) is 7. The minimum absolute atomic E-state index is 0.309. The van der Waals surface area contributed by atoms with E-state index in [0.29, 0.717) is 34.7 Å². The third-order valence-electron chi connectivity index (χ3n) is 8.00. The number of imidazole rings is 1. The zero-order chi connectivity index (χ0) is 29.3. The maximum absolute atomic E-state index is 14.4. The Morgan fingerprint density at radius 1 is 0.767 bits per heavy atom. The van der Waals surface area contributed by atoms with Gasteiger partial charge >= 0.3 is 0 Å². The van der Waals surface area contributed by atoms with Crippen LogP contribution in [-0.4, -0.2) is 40.7 Å². The fourth-order valence-electron chi connectivity index (χ4n) is 5.94. The Morgan fingerprint density at radius 3 is 2.37 bits per heavy atom. The molecule has 0 unspecified atom stereocenters. The molecule has 9 nitrogen and oxygen atoms in total. The Labute approximate surface area is 248 Å². The molecule has 214 valence electrons. The molecule has 4 aromatic heterocycles. The number of carbonyl (C=O) groups is 2. The van der Waals surface area contributed by atoms with Crippen molar-refractivity contribution in [3.63, 3.8) is 0 Å². The molecule has 7 rings (SSSR count). The van der Waals surface area contributed by atoms with E-state index in [4.69, 9.17) is 5.10 Å². The number of imide groups is 1. The van der Waals surface area contributed by atoms with Crippen LogP contribution in [-0.2, 0) is 29.2 Å². The van der Waals surface area contributed by atoms with Crippen molar-refractivity contribution in [2.45, 2.75) is 45.8 Å². The third-order valence-corrected chi connectivity index (χ3v) is 8.00. The van der Waals surface area contributed by atoms with Crippen molar-refractivity contribution in [3.8, 4) is 0 Å². The molecule has 6 aromatic rings. The minimum atomic E-state index is -0.381. The molecule has 0 aliphatic carbocycles. The van der Waals surface area contributed by atoms with Gasteiger partial charge in [0, 0.05) is 66.3 Å². The summed E-state index contributed by atoms with van der Waals surface area (Å²) in [4.78, 5) is 38.8. The first-order valence-corrected chi connectivity index (χ1v) is 14.7. The van der Waals surface area contributed by atoms with E-state index in [2.05, 4.69) is 32.1 Å². The normalized spacial score (nSPS) is 13.7. The molecule has 0 bridgehead atoms. The zero-order valence-electron chi connectivity index (χ0n) is 23.9. The Balaban J connectivity index is 1.41. The van der Waals surface area contributed by atoms with E-state index in [-0.39, 0.29) is 11.8 Å². The highest BCUT2D eigenvalue weighted by Crippen LogP contribution is 2.42. The lowest BCUT2D eigenvalue weighted by Gasteiger charge is -2.14. The number of benzene rings is 2. The van der Waals surface area contributed by atoms with Gasteiger partial charge in [0.1, 0.15) is 5.69 Å². The number of hydrogen-bond acceptors (Lipinski definition) is 5. The standard InChI is InChI=1S/C34H31N7O2/c1-2-3-20-40-32-26(14-9-16-36-32)31(37-40)30-29(33(42)41(34(30)43)24-11-5-4-6-12-24)27-22-39(28-15-8-7-13-25(27)28)19-10-18-38-21-17-35-23-38/h4-9,11-17,21-23H,2-3,10,18-20H2,1H3. The van der Waals surface area contributed by atoms with Gasteiger partial charge in [0.05, 0.1) is 23.2 Å². The van der Waals surface area contributed by atoms with Gasteiger partial charge in [-0.1, -0.05) is 49.7 Å². The molecule has 2 amide bonds. The lowest BCUT2D eigenvalue weighted by Crippen LogP contribution is -2.31. The second kappa shape index (κ2) is 11.2. The van der Waals surface area contributed by atoms with Gasteiger partial charge in [-0.2, -0.15) is 5.10 Å². The first-order valence-electron chi connectivity index (χ1n) is 14.7. The number of unbranched alkanes of at least 4 members (excludes halogenated alkanes) is 1. The van der Waals surface area contributed by atoms with Crippen LogP contribution in [0.25, 0.3) is 33.1 Å². The number of aryl methyl sites for hydroxylation is 3. The van der Waals surface area contributed by atoms with Gasteiger partial charge in [-0.15, -0.1) is 0 Å². The topological polar surface area (TPSA) is 90.8 Å². The molecule has 0 fully saturated rings. The van der Waals surface area contributed by atoms with Gasteiger partial charge in [-0.3, -0.25) is 9.59 Å². The van der Waals surface area contributed by atoms with Crippen LogP contribution in [0.15, 0.2) is 97.8 Å². The second-order valence-electron chi connectivity index (χ2n) is 10.7. The summed E-state index contributed by atoms with van der Waals surface area (Å²) in [7, 11) is 0. The number of fused-ring (bicyclic) bond motifs is 2. The molecular weight excluding hydrogens is 538 g/mol. The van der Waals surface area contributed by atoms with Gasteiger partial charge in [-0.05, 0) is 43.2 Å². The second-order valence-corrected chi connectivity index (χ2v) is 10.7. The number of para-hydroxylation sites is 2. The molecule has 43 heavy (non-hydrogen) atoms. The van der Waals surface area contributed by atoms with Gasteiger partial charge < -0.3 is 9.13 Å². The number of aromatic nitrogens is 6. The highest BCUT2D eigenvalue weighted by molar-refractivity contribution is 6.58. The first-order chi connectivity index (χ1) is 21.2. The smallest absolute Gasteiger partial charge is 0.268 e. The van der Waals surface area contributed by atoms with E-state index in [1.165, 1.54) is 4.90 Å². The molecule has 0 saturated carbocycles. The Hall–Kier alpha value is -5.31. The van der Waals surface area contributed by atoms with Gasteiger partial charge in [0.25, 0.3) is 11.8 Å². The molecular formula is C34H31N7O2. The third kappa shape index (κ3) is 4.63. The van der Waals surface area contributed by atoms with E-state index in [9.17, 15) is 9.59 Å². The number of carbonyl (C=O) groups excluding carboxylic acids is 2. The quantitative estimate of drug-likeness (QED) is 0.190. The van der Waals surface area contributed by atoms with Gasteiger partial charge in [-0.25, -0.2) is 19.5 Å². The first kappa shape index (κ1) is 26.6. The van der Waals surface area contributed by atoms with Crippen LogP contribution in [0, 0.1) is 0 Å². The number of rotatable bonds is 10. The predicted molar refractivity (Wildman–Crippen MR) is 167 cm³/mol. The maximum atomic E-state index is 14.4. The van der Waals surface area contributed by atoms with Crippen molar-refractivity contribution in [3.05, 3.63) is 109 Å². The van der Waals surface area contributed by atoms with Crippen molar-refractivity contribution >= 4 is 50.6 Å². The summed E-state index contributed by atoms with van der Waals surface area (Å²) in [5.74, 6) is -0.735. The largest absolute Gasteiger partial charge is 0.347 e. The van der Waals surface area contributed by atoms with E-state index in [1.807, 2.05) is 71.9 Å². The maximum Gasteiger partial charge on any atom is 0.268 e. The van der Waals surface area contributed by atoms with Crippen LogP contribution in [0.1, 0.15) is 37.4 Å². The van der Waals surface area contributed by atoms with Gasteiger partial charge in [0.2, 0.25) is 0 Å². The molecule has 5 heterocycles. The predicted octanol–water partition coefficient (Wildman–Crippen LogP) is 5.96. The van der Waals surface area contributed by atoms with Crippen LogP contribution in [0.5, 0.6) is 0 Å². The van der Waals surface area contributed by atoms with Crippen LogP contribution in [0.3, 0.4) is 0 Å². The van der Waals surface area contributed by atoms with E-state index in [0.717, 1.165) is 54.2 Å². The SMILES string of the molecule is CCCCn1nc(C2=C(c3cn(CCCn4ccnc4)c4ccccc34)C(=O)N(c3ccccc3)C2=O)c2cccnc21. The Morgan fingerprint density at radius 2 is 1.56 bits per heavy atom. The van der Waals surface area contributed by atoms with Gasteiger partial charge in [0.15, 0.2) is 5.65 Å². The van der Waals surface area contributed by atoms with Crippen LogP contribution in [0.2, 0.25) is 0 Å². The Kier molecular flexibility index (Phi) is 6.90. The fraction of sp³-hybridized carbons (Fsp3) is 0.206. The van der Waals surface area contributed by atoms with Crippen LogP contribution < -0.4 is 4.90 Å². The van der Waals surface area contributed by atoms with Crippen molar-refractivity contribution in [1.29, 1.82) is 0 Å². The molecule has 0 radical (unpaired) electrons. The van der Waals surface area contributed by atoms with Crippen molar-refractivity contribution in [2.24, 2.45) is 0 Å². The summed E-state index contributed by atoms with van der Waals surface area (Å²) in [6.45, 7) is 4.36.